The summed E-state index contributed by atoms with van der Waals surface area (Å²) >= 11 is 0. The van der Waals surface area contributed by atoms with Crippen molar-refractivity contribution in [2.24, 2.45) is 5.92 Å². The van der Waals surface area contributed by atoms with E-state index < -0.39 is 0 Å². The van der Waals surface area contributed by atoms with Gasteiger partial charge in [-0.1, -0.05) is 26.0 Å². The lowest BCUT2D eigenvalue weighted by Gasteiger charge is -2.05. The third-order valence-electron chi connectivity index (χ3n) is 2.40. The van der Waals surface area contributed by atoms with Gasteiger partial charge in [0.2, 0.25) is 0 Å². The lowest BCUT2D eigenvalue weighted by molar-refractivity contribution is -0.121. The molecule has 0 bridgehead atoms. The highest BCUT2D eigenvalue weighted by Gasteiger charge is 2.09. The van der Waals surface area contributed by atoms with Gasteiger partial charge in [0.05, 0.1) is 11.9 Å². The van der Waals surface area contributed by atoms with E-state index in [0.29, 0.717) is 12.2 Å². The van der Waals surface area contributed by atoms with Crippen LogP contribution in [0.1, 0.15) is 39.3 Å². The first-order valence-corrected chi connectivity index (χ1v) is 5.55. The van der Waals surface area contributed by atoms with Crippen LogP contribution >= 0.6 is 0 Å². The van der Waals surface area contributed by atoms with E-state index >= 15 is 0 Å². The number of aryl methyl sites for hydroxylation is 2. The fourth-order valence-electron chi connectivity index (χ4n) is 1.41. The molecule has 4 heteroatoms. The number of Topliss-reactive ketones (excluding diaryl/α,β-unsaturated/α-hetero) is 1. The van der Waals surface area contributed by atoms with Crippen LogP contribution in [0, 0.1) is 5.92 Å². The summed E-state index contributed by atoms with van der Waals surface area (Å²) in [6.07, 6.45) is 4.14. The van der Waals surface area contributed by atoms with Crippen LogP contribution in [0.4, 0.5) is 0 Å². The molecule has 0 aliphatic carbocycles. The minimum atomic E-state index is 0.125. The summed E-state index contributed by atoms with van der Waals surface area (Å²) in [6, 6.07) is 0. The lowest BCUT2D eigenvalue weighted by Crippen LogP contribution is -2.11. The van der Waals surface area contributed by atoms with E-state index in [1.807, 2.05) is 18.5 Å². The van der Waals surface area contributed by atoms with Crippen LogP contribution in [0.25, 0.3) is 0 Å². The molecular formula is C11H19N3O. The van der Waals surface area contributed by atoms with Gasteiger partial charge in [-0.3, -0.25) is 4.79 Å². The van der Waals surface area contributed by atoms with Gasteiger partial charge >= 0.3 is 0 Å². The second kappa shape index (κ2) is 5.63. The van der Waals surface area contributed by atoms with Crippen LogP contribution < -0.4 is 0 Å². The van der Waals surface area contributed by atoms with Gasteiger partial charge in [-0.15, -0.1) is 5.10 Å². The van der Waals surface area contributed by atoms with Crippen molar-refractivity contribution in [2.75, 3.05) is 0 Å². The number of aromatic nitrogens is 3. The highest BCUT2D eigenvalue weighted by atomic mass is 16.1. The van der Waals surface area contributed by atoms with E-state index in [2.05, 4.69) is 17.2 Å². The Labute approximate surface area is 90.7 Å². The van der Waals surface area contributed by atoms with Crippen molar-refractivity contribution in [3.8, 4) is 0 Å². The molecule has 1 aromatic heterocycles. The third kappa shape index (κ3) is 3.46. The van der Waals surface area contributed by atoms with Gasteiger partial charge in [-0.05, 0) is 12.8 Å². The lowest BCUT2D eigenvalue weighted by atomic mass is 10.0. The van der Waals surface area contributed by atoms with Crippen LogP contribution in [-0.4, -0.2) is 20.8 Å². The quantitative estimate of drug-likeness (QED) is 0.718. The Morgan fingerprint density at radius 3 is 2.87 bits per heavy atom. The van der Waals surface area contributed by atoms with Crippen molar-refractivity contribution in [3.63, 3.8) is 0 Å². The molecule has 15 heavy (non-hydrogen) atoms. The minimum Gasteiger partial charge on any atom is -0.299 e. The van der Waals surface area contributed by atoms with Crippen LogP contribution in [-0.2, 0) is 17.8 Å². The molecule has 0 aliphatic heterocycles. The van der Waals surface area contributed by atoms with Crippen molar-refractivity contribution in [1.82, 2.24) is 15.0 Å². The van der Waals surface area contributed by atoms with Crippen LogP contribution in [0.15, 0.2) is 6.20 Å². The fourth-order valence-corrected chi connectivity index (χ4v) is 1.41. The van der Waals surface area contributed by atoms with Crippen LogP contribution in [0.5, 0.6) is 0 Å². The normalized spacial score (nSPS) is 10.9. The molecule has 0 amide bonds. The number of carbonyl (C=O) groups is 1. The zero-order valence-electron chi connectivity index (χ0n) is 9.73. The van der Waals surface area contributed by atoms with E-state index in [-0.39, 0.29) is 5.92 Å². The largest absolute Gasteiger partial charge is 0.299 e. The molecule has 0 atom stereocenters. The predicted molar refractivity (Wildman–Crippen MR) is 58.5 cm³/mol. The number of ketones is 1. The first kappa shape index (κ1) is 11.9. The smallest absolute Gasteiger partial charge is 0.135 e. The molecule has 1 rings (SSSR count). The summed E-state index contributed by atoms with van der Waals surface area (Å²) in [5, 5.41) is 7.85. The molecule has 0 unspecified atom stereocenters. The molecule has 1 heterocycles. The molecule has 0 N–H and O–H groups in total. The third-order valence-corrected chi connectivity index (χ3v) is 2.40. The van der Waals surface area contributed by atoms with Crippen molar-refractivity contribution in [1.29, 1.82) is 0 Å². The molecule has 1 aromatic rings. The number of nitrogens with zero attached hydrogens (tertiary/aromatic N) is 3. The second-order valence-electron chi connectivity index (χ2n) is 4.07. The molecule has 0 aliphatic rings. The molecule has 0 fully saturated rings. The van der Waals surface area contributed by atoms with E-state index in [0.717, 1.165) is 25.1 Å². The van der Waals surface area contributed by atoms with E-state index in [4.69, 9.17) is 0 Å². The Kier molecular flexibility index (Phi) is 4.46. The molecule has 0 saturated carbocycles. The highest BCUT2D eigenvalue weighted by Crippen LogP contribution is 2.06. The van der Waals surface area contributed by atoms with Gasteiger partial charge in [0.1, 0.15) is 5.78 Å². The number of hydrogen-bond acceptors (Lipinski definition) is 3. The number of carbonyl (C=O) groups excluding carboxylic acids is 1. The Bertz CT molecular complexity index is 317. The molecule has 0 spiro atoms. The Morgan fingerprint density at radius 1 is 1.53 bits per heavy atom. The fraction of sp³-hybridized carbons (Fsp3) is 0.727. The molecule has 0 saturated heterocycles. The van der Waals surface area contributed by atoms with Gasteiger partial charge in [0.15, 0.2) is 0 Å². The second-order valence-corrected chi connectivity index (χ2v) is 4.07. The van der Waals surface area contributed by atoms with Crippen LogP contribution in [0.3, 0.4) is 0 Å². The molecular weight excluding hydrogens is 190 g/mol. The maximum atomic E-state index is 11.5. The van der Waals surface area contributed by atoms with E-state index in [1.54, 1.807) is 6.20 Å². The van der Waals surface area contributed by atoms with Crippen LogP contribution in [0.2, 0.25) is 0 Å². The zero-order valence-corrected chi connectivity index (χ0v) is 9.73. The van der Waals surface area contributed by atoms with Gasteiger partial charge in [0.25, 0.3) is 0 Å². The molecule has 0 aromatic carbocycles. The standard InChI is InChI=1S/C11H19N3O/c1-4-7-14-10(8-12-13-14)5-6-11(15)9(2)3/h8-9H,4-7H2,1-3H3. The van der Waals surface area contributed by atoms with E-state index in [1.165, 1.54) is 0 Å². The van der Waals surface area contributed by atoms with Gasteiger partial charge in [-0.25, -0.2) is 4.68 Å². The van der Waals surface area contributed by atoms with Crippen molar-refractivity contribution >= 4 is 5.78 Å². The first-order valence-electron chi connectivity index (χ1n) is 5.55. The van der Waals surface area contributed by atoms with Gasteiger partial charge < -0.3 is 0 Å². The average Bonchev–Trinajstić information content (AvgIpc) is 2.62. The predicted octanol–water partition coefficient (Wildman–Crippen LogP) is 1.85. The molecule has 84 valence electrons. The van der Waals surface area contributed by atoms with Gasteiger partial charge in [-0.2, -0.15) is 0 Å². The number of hydrogen-bond donors (Lipinski definition) is 0. The Balaban J connectivity index is 2.50. The summed E-state index contributed by atoms with van der Waals surface area (Å²) in [5.74, 6) is 0.430. The average molecular weight is 209 g/mol. The summed E-state index contributed by atoms with van der Waals surface area (Å²) < 4.78 is 1.88. The Morgan fingerprint density at radius 2 is 2.27 bits per heavy atom. The summed E-state index contributed by atoms with van der Waals surface area (Å²) in [7, 11) is 0. The highest BCUT2D eigenvalue weighted by molar-refractivity contribution is 5.80. The summed E-state index contributed by atoms with van der Waals surface area (Å²) in [4.78, 5) is 11.5. The maximum Gasteiger partial charge on any atom is 0.135 e. The minimum absolute atomic E-state index is 0.125. The summed E-state index contributed by atoms with van der Waals surface area (Å²) in [5.41, 5.74) is 1.06. The zero-order chi connectivity index (χ0) is 11.3. The van der Waals surface area contributed by atoms with Gasteiger partial charge in [0, 0.05) is 18.9 Å². The van der Waals surface area contributed by atoms with Crippen molar-refractivity contribution in [3.05, 3.63) is 11.9 Å². The van der Waals surface area contributed by atoms with Crippen molar-refractivity contribution < 1.29 is 4.79 Å². The number of rotatable bonds is 6. The first-order chi connectivity index (χ1) is 7.15. The SMILES string of the molecule is CCCn1nncc1CCC(=O)C(C)C. The topological polar surface area (TPSA) is 47.8 Å². The van der Waals surface area contributed by atoms with E-state index in [9.17, 15) is 4.79 Å². The van der Waals surface area contributed by atoms with Crippen molar-refractivity contribution in [2.45, 2.75) is 46.6 Å². The Hall–Kier alpha value is -1.19. The molecule has 4 nitrogen and oxygen atoms in total. The maximum absolute atomic E-state index is 11.5. The monoisotopic (exact) mass is 209 g/mol. The molecule has 0 radical (unpaired) electrons. The summed E-state index contributed by atoms with van der Waals surface area (Å²) in [6.45, 7) is 6.85.